The maximum Gasteiger partial charge on any atom is 0.259 e. The van der Waals surface area contributed by atoms with Gasteiger partial charge >= 0.3 is 0 Å². The summed E-state index contributed by atoms with van der Waals surface area (Å²) < 4.78 is 0. The molecular formula is C30H33N3O3. The van der Waals surface area contributed by atoms with Crippen molar-refractivity contribution in [3.8, 4) is 0 Å². The van der Waals surface area contributed by atoms with E-state index in [2.05, 4.69) is 5.32 Å². The number of rotatable bonds is 8. The van der Waals surface area contributed by atoms with Crippen LogP contribution in [0, 0.1) is 6.92 Å². The van der Waals surface area contributed by atoms with Gasteiger partial charge in [0, 0.05) is 23.5 Å². The zero-order valence-corrected chi connectivity index (χ0v) is 21.0. The predicted octanol–water partition coefficient (Wildman–Crippen LogP) is 4.97. The summed E-state index contributed by atoms with van der Waals surface area (Å²) in [5.41, 5.74) is 3.43. The average Bonchev–Trinajstić information content (AvgIpc) is 3.47. The van der Waals surface area contributed by atoms with E-state index < -0.39 is 6.04 Å². The Morgan fingerprint density at radius 1 is 1.06 bits per heavy atom. The van der Waals surface area contributed by atoms with E-state index in [-0.39, 0.29) is 30.3 Å². The molecule has 0 unspecified atom stereocenters. The number of nitrogens with one attached hydrogen (secondary N) is 1. The highest BCUT2D eigenvalue weighted by Gasteiger charge is 2.35. The average molecular weight is 484 g/mol. The standard InChI is InChI=1S/C30H33N3O3/c1-3-25(29(35)31-23-13-4-5-14-23)32(18-21-10-6-9-20(2)17-21)27(34)19-33-26-16-8-12-22-11-7-15-24(28(22)26)30(33)36/h6-12,15-17,23,25H,3-5,13-14,18-19H2,1-2H3,(H,31,35)/t25-/m1/s1. The number of amides is 3. The van der Waals surface area contributed by atoms with Crippen LogP contribution in [0.15, 0.2) is 60.7 Å². The molecule has 1 aliphatic carbocycles. The summed E-state index contributed by atoms with van der Waals surface area (Å²) in [6.45, 7) is 4.16. The first kappa shape index (κ1) is 24.0. The SMILES string of the molecule is CC[C@H](C(=O)NC1CCCC1)N(Cc1cccc(C)c1)C(=O)CN1C(=O)c2cccc3cccc1c23. The fourth-order valence-corrected chi connectivity index (χ4v) is 5.66. The van der Waals surface area contributed by atoms with Crippen molar-refractivity contribution in [1.82, 2.24) is 10.2 Å². The van der Waals surface area contributed by atoms with Gasteiger partial charge in [0.05, 0.1) is 5.69 Å². The zero-order valence-electron chi connectivity index (χ0n) is 21.0. The fourth-order valence-electron chi connectivity index (χ4n) is 5.66. The Bertz CT molecular complexity index is 1310. The fraction of sp³-hybridized carbons (Fsp3) is 0.367. The lowest BCUT2D eigenvalue weighted by Gasteiger charge is -2.33. The molecule has 0 aromatic heterocycles. The Morgan fingerprint density at radius 2 is 1.78 bits per heavy atom. The number of nitrogens with zero attached hydrogens (tertiary/aromatic N) is 2. The first-order valence-corrected chi connectivity index (χ1v) is 12.9. The molecule has 3 aromatic rings. The van der Waals surface area contributed by atoms with Crippen LogP contribution >= 0.6 is 0 Å². The number of benzene rings is 3. The van der Waals surface area contributed by atoms with Crippen LogP contribution in [-0.2, 0) is 16.1 Å². The topological polar surface area (TPSA) is 69.7 Å². The van der Waals surface area contributed by atoms with Crippen molar-refractivity contribution >= 4 is 34.2 Å². The lowest BCUT2D eigenvalue weighted by atomic mass is 10.1. The molecule has 3 aromatic carbocycles. The Balaban J connectivity index is 1.43. The van der Waals surface area contributed by atoms with E-state index in [0.29, 0.717) is 18.5 Å². The third kappa shape index (κ3) is 4.60. The van der Waals surface area contributed by atoms with Crippen LogP contribution < -0.4 is 10.2 Å². The molecule has 3 amide bonds. The molecule has 6 heteroatoms. The summed E-state index contributed by atoms with van der Waals surface area (Å²) in [6.07, 6.45) is 4.71. The minimum atomic E-state index is -0.602. The molecule has 5 rings (SSSR count). The van der Waals surface area contributed by atoms with Crippen molar-refractivity contribution in [3.63, 3.8) is 0 Å². The number of hydrogen-bond acceptors (Lipinski definition) is 3. The third-order valence-electron chi connectivity index (χ3n) is 7.47. The molecule has 1 N–H and O–H groups in total. The lowest BCUT2D eigenvalue weighted by molar-refractivity contribution is -0.140. The quantitative estimate of drug-likeness (QED) is 0.492. The summed E-state index contributed by atoms with van der Waals surface area (Å²) in [5.74, 6) is -0.513. The van der Waals surface area contributed by atoms with Crippen molar-refractivity contribution in [3.05, 3.63) is 77.4 Å². The van der Waals surface area contributed by atoms with Gasteiger partial charge in [-0.1, -0.05) is 73.9 Å². The monoisotopic (exact) mass is 483 g/mol. The lowest BCUT2D eigenvalue weighted by Crippen LogP contribution is -2.53. The predicted molar refractivity (Wildman–Crippen MR) is 142 cm³/mol. The van der Waals surface area contributed by atoms with Gasteiger partial charge in [-0.3, -0.25) is 19.3 Å². The zero-order chi connectivity index (χ0) is 25.2. The van der Waals surface area contributed by atoms with Gasteiger partial charge in [0.25, 0.3) is 5.91 Å². The van der Waals surface area contributed by atoms with Crippen LogP contribution in [0.1, 0.15) is 60.5 Å². The van der Waals surface area contributed by atoms with E-state index in [0.717, 1.165) is 53.3 Å². The molecule has 0 radical (unpaired) electrons. The summed E-state index contributed by atoms with van der Waals surface area (Å²) in [7, 11) is 0. The van der Waals surface area contributed by atoms with E-state index >= 15 is 0 Å². The van der Waals surface area contributed by atoms with Gasteiger partial charge in [-0.05, 0) is 49.3 Å². The number of hydrogen-bond donors (Lipinski definition) is 1. The second kappa shape index (κ2) is 10.1. The highest BCUT2D eigenvalue weighted by Crippen LogP contribution is 2.37. The van der Waals surface area contributed by atoms with Crippen LogP contribution in [0.4, 0.5) is 5.69 Å². The molecule has 2 aliphatic rings. The number of anilines is 1. The first-order valence-electron chi connectivity index (χ1n) is 12.9. The van der Waals surface area contributed by atoms with Crippen molar-refractivity contribution in [2.45, 2.75) is 64.6 Å². The molecule has 0 bridgehead atoms. The van der Waals surface area contributed by atoms with E-state index in [4.69, 9.17) is 0 Å². The highest BCUT2D eigenvalue weighted by molar-refractivity contribution is 6.26. The molecule has 6 nitrogen and oxygen atoms in total. The summed E-state index contributed by atoms with van der Waals surface area (Å²) in [5, 5.41) is 5.04. The van der Waals surface area contributed by atoms with Crippen LogP contribution in [0.3, 0.4) is 0 Å². The van der Waals surface area contributed by atoms with E-state index in [1.807, 2.05) is 74.5 Å². The number of aryl methyl sites for hydroxylation is 1. The van der Waals surface area contributed by atoms with Crippen molar-refractivity contribution in [2.24, 2.45) is 0 Å². The van der Waals surface area contributed by atoms with Crippen LogP contribution in [0.2, 0.25) is 0 Å². The van der Waals surface area contributed by atoms with E-state index in [1.54, 1.807) is 9.80 Å². The normalized spacial score (nSPS) is 15.9. The second-order valence-electron chi connectivity index (χ2n) is 10.00. The maximum atomic E-state index is 13.9. The minimum absolute atomic E-state index is 0.106. The molecule has 36 heavy (non-hydrogen) atoms. The van der Waals surface area contributed by atoms with Crippen molar-refractivity contribution < 1.29 is 14.4 Å². The molecule has 1 saturated carbocycles. The highest BCUT2D eigenvalue weighted by atomic mass is 16.2. The Labute approximate surface area is 212 Å². The van der Waals surface area contributed by atoms with E-state index in [9.17, 15) is 14.4 Å². The van der Waals surface area contributed by atoms with Gasteiger partial charge in [-0.15, -0.1) is 0 Å². The van der Waals surface area contributed by atoms with Gasteiger partial charge in [-0.2, -0.15) is 0 Å². The second-order valence-corrected chi connectivity index (χ2v) is 10.00. The first-order chi connectivity index (χ1) is 17.5. The Morgan fingerprint density at radius 3 is 2.50 bits per heavy atom. The van der Waals surface area contributed by atoms with Crippen molar-refractivity contribution in [2.75, 3.05) is 11.4 Å². The summed E-state index contributed by atoms with van der Waals surface area (Å²) in [6, 6.07) is 19.0. The van der Waals surface area contributed by atoms with Gasteiger partial charge in [-0.25, -0.2) is 0 Å². The van der Waals surface area contributed by atoms with E-state index in [1.165, 1.54) is 0 Å². The molecule has 1 atom stereocenters. The Hall–Kier alpha value is -3.67. The molecule has 186 valence electrons. The smallest absolute Gasteiger partial charge is 0.259 e. The molecule has 1 fully saturated rings. The number of carbonyl (C=O) groups excluding carboxylic acids is 3. The Kier molecular flexibility index (Phi) is 6.77. The van der Waals surface area contributed by atoms with Crippen molar-refractivity contribution in [1.29, 1.82) is 0 Å². The largest absolute Gasteiger partial charge is 0.352 e. The van der Waals surface area contributed by atoms with Gasteiger partial charge in [0.15, 0.2) is 0 Å². The third-order valence-corrected chi connectivity index (χ3v) is 7.47. The maximum absolute atomic E-state index is 13.9. The van der Waals surface area contributed by atoms with Gasteiger partial charge in [0.1, 0.15) is 12.6 Å². The van der Waals surface area contributed by atoms with Gasteiger partial charge < -0.3 is 10.2 Å². The number of carbonyl (C=O) groups is 3. The molecule has 1 heterocycles. The summed E-state index contributed by atoms with van der Waals surface area (Å²) >= 11 is 0. The molecule has 1 aliphatic heterocycles. The molecule has 0 spiro atoms. The molecular weight excluding hydrogens is 450 g/mol. The molecule has 0 saturated heterocycles. The van der Waals surface area contributed by atoms with Gasteiger partial charge in [0.2, 0.25) is 11.8 Å². The van der Waals surface area contributed by atoms with Crippen LogP contribution in [-0.4, -0.2) is 41.2 Å². The minimum Gasteiger partial charge on any atom is -0.352 e. The summed E-state index contributed by atoms with van der Waals surface area (Å²) in [4.78, 5) is 43.8. The van der Waals surface area contributed by atoms with Crippen LogP contribution in [0.5, 0.6) is 0 Å². The van der Waals surface area contributed by atoms with Crippen LogP contribution in [0.25, 0.3) is 10.8 Å².